The molecule has 0 atom stereocenters. The van der Waals surface area contributed by atoms with Crippen LogP contribution < -0.4 is 16.0 Å². The molecule has 0 saturated heterocycles. The van der Waals surface area contributed by atoms with Crippen molar-refractivity contribution in [2.24, 2.45) is 0 Å². The van der Waals surface area contributed by atoms with Crippen molar-refractivity contribution in [2.45, 2.75) is 13.3 Å². The number of benzene rings is 1. The van der Waals surface area contributed by atoms with Crippen molar-refractivity contribution < 1.29 is 4.79 Å². The highest BCUT2D eigenvalue weighted by Gasteiger charge is 2.15. The van der Waals surface area contributed by atoms with Crippen molar-refractivity contribution in [3.63, 3.8) is 0 Å². The Morgan fingerprint density at radius 3 is 2.80 bits per heavy atom. The van der Waals surface area contributed by atoms with E-state index in [-0.39, 0.29) is 18.4 Å². The molecule has 1 amide bonds. The van der Waals surface area contributed by atoms with E-state index in [1.165, 1.54) is 0 Å². The van der Waals surface area contributed by atoms with Gasteiger partial charge in [0, 0.05) is 19.0 Å². The van der Waals surface area contributed by atoms with E-state index in [0.717, 1.165) is 23.9 Å². The molecule has 0 unspecified atom stereocenters. The molecule has 0 spiro atoms. The third-order valence-electron chi connectivity index (χ3n) is 3.01. The maximum Gasteiger partial charge on any atom is 0.239 e. The third-order valence-corrected chi connectivity index (χ3v) is 3.01. The molecule has 0 aliphatic heterocycles. The van der Waals surface area contributed by atoms with Crippen LogP contribution in [0, 0.1) is 0 Å². The van der Waals surface area contributed by atoms with Gasteiger partial charge in [0.15, 0.2) is 0 Å². The van der Waals surface area contributed by atoms with Crippen molar-refractivity contribution in [3.8, 4) is 0 Å². The zero-order valence-corrected chi connectivity index (χ0v) is 11.8. The van der Waals surface area contributed by atoms with Crippen LogP contribution in [-0.2, 0) is 4.79 Å². The molecule has 6 heteroatoms. The van der Waals surface area contributed by atoms with E-state index in [9.17, 15) is 4.79 Å². The number of rotatable bonds is 5. The molecule has 0 saturated carbocycles. The Morgan fingerprint density at radius 1 is 1.35 bits per heavy atom. The van der Waals surface area contributed by atoms with E-state index in [1.54, 1.807) is 7.05 Å². The minimum absolute atomic E-state index is 0.0558. The van der Waals surface area contributed by atoms with Gasteiger partial charge in [0.05, 0.1) is 12.1 Å². The third kappa shape index (κ3) is 2.96. The Balaban J connectivity index is 2.48. The van der Waals surface area contributed by atoms with E-state index in [1.807, 2.05) is 29.2 Å². The first-order valence-corrected chi connectivity index (χ1v) is 6.63. The van der Waals surface area contributed by atoms with E-state index >= 15 is 0 Å². The molecule has 0 bridgehead atoms. The van der Waals surface area contributed by atoms with Crippen molar-refractivity contribution in [1.29, 1.82) is 0 Å². The van der Waals surface area contributed by atoms with Gasteiger partial charge in [0.2, 0.25) is 11.9 Å². The van der Waals surface area contributed by atoms with Gasteiger partial charge in [-0.2, -0.15) is 4.98 Å². The predicted octanol–water partition coefficient (Wildman–Crippen LogP) is 1.17. The van der Waals surface area contributed by atoms with Gasteiger partial charge >= 0.3 is 0 Å². The summed E-state index contributed by atoms with van der Waals surface area (Å²) in [6.07, 6.45) is 0.912. The first-order valence-electron chi connectivity index (χ1n) is 6.63. The second-order valence-corrected chi connectivity index (χ2v) is 4.52. The van der Waals surface area contributed by atoms with Crippen LogP contribution >= 0.6 is 0 Å². The molecule has 2 rings (SSSR count). The molecular formula is C14H19N5O. The van der Waals surface area contributed by atoms with Crippen LogP contribution in [0.25, 0.3) is 10.9 Å². The maximum absolute atomic E-state index is 11.7. The molecule has 6 nitrogen and oxygen atoms in total. The van der Waals surface area contributed by atoms with Gasteiger partial charge < -0.3 is 16.0 Å². The van der Waals surface area contributed by atoms with Crippen LogP contribution in [0.15, 0.2) is 24.3 Å². The maximum atomic E-state index is 11.7. The van der Waals surface area contributed by atoms with Crippen molar-refractivity contribution in [1.82, 2.24) is 15.3 Å². The van der Waals surface area contributed by atoms with Crippen molar-refractivity contribution >= 4 is 28.6 Å². The summed E-state index contributed by atoms with van der Waals surface area (Å²) in [6, 6.07) is 7.66. The zero-order chi connectivity index (χ0) is 14.5. The number of aromatic nitrogens is 2. The number of para-hydroxylation sites is 1. The highest BCUT2D eigenvalue weighted by Crippen LogP contribution is 2.24. The summed E-state index contributed by atoms with van der Waals surface area (Å²) in [5, 5.41) is 3.53. The molecule has 1 heterocycles. The van der Waals surface area contributed by atoms with E-state index < -0.39 is 0 Å². The summed E-state index contributed by atoms with van der Waals surface area (Å²) >= 11 is 0. The average molecular weight is 273 g/mol. The number of carbonyl (C=O) groups excluding carboxylic acids is 1. The summed E-state index contributed by atoms with van der Waals surface area (Å²) in [6.45, 7) is 3.04. The Hall–Kier alpha value is -2.37. The highest BCUT2D eigenvalue weighted by molar-refractivity contribution is 5.92. The first-order chi connectivity index (χ1) is 9.65. The van der Waals surface area contributed by atoms with Crippen LogP contribution in [0.4, 0.5) is 11.8 Å². The normalized spacial score (nSPS) is 10.5. The average Bonchev–Trinajstić information content (AvgIpc) is 2.45. The molecule has 3 N–H and O–H groups in total. The lowest BCUT2D eigenvalue weighted by Gasteiger charge is -2.23. The lowest BCUT2D eigenvalue weighted by atomic mass is 10.2. The van der Waals surface area contributed by atoms with E-state index in [0.29, 0.717) is 5.82 Å². The second-order valence-electron chi connectivity index (χ2n) is 4.52. The number of carbonyl (C=O) groups is 1. The quantitative estimate of drug-likeness (QED) is 0.854. The Kier molecular flexibility index (Phi) is 4.34. The molecule has 0 aliphatic carbocycles. The van der Waals surface area contributed by atoms with Crippen LogP contribution in [0.2, 0.25) is 0 Å². The number of nitrogens with zero attached hydrogens (tertiary/aromatic N) is 3. The lowest BCUT2D eigenvalue weighted by molar-refractivity contribution is -0.119. The molecule has 0 aliphatic rings. The van der Waals surface area contributed by atoms with Crippen LogP contribution in [-0.4, -0.2) is 36.0 Å². The minimum Gasteiger partial charge on any atom is -0.368 e. The van der Waals surface area contributed by atoms with Crippen LogP contribution in [0.5, 0.6) is 0 Å². The fourth-order valence-electron chi connectivity index (χ4n) is 2.10. The molecule has 1 aromatic carbocycles. The minimum atomic E-state index is -0.0558. The highest BCUT2D eigenvalue weighted by atomic mass is 16.1. The summed E-state index contributed by atoms with van der Waals surface area (Å²) in [5.74, 6) is 0.870. The van der Waals surface area contributed by atoms with Crippen LogP contribution in [0.1, 0.15) is 13.3 Å². The number of amides is 1. The number of likely N-dealkylation sites (N-methyl/N-ethyl adjacent to an activating group) is 1. The van der Waals surface area contributed by atoms with Gasteiger partial charge in [-0.3, -0.25) is 4.79 Å². The monoisotopic (exact) mass is 273 g/mol. The Bertz CT molecular complexity index is 614. The van der Waals surface area contributed by atoms with Gasteiger partial charge in [-0.15, -0.1) is 0 Å². The Labute approximate surface area is 118 Å². The van der Waals surface area contributed by atoms with Crippen molar-refractivity contribution in [3.05, 3.63) is 24.3 Å². The lowest BCUT2D eigenvalue weighted by Crippen LogP contribution is -2.36. The summed E-state index contributed by atoms with van der Waals surface area (Å²) in [5.41, 5.74) is 6.56. The number of nitrogens with one attached hydrogen (secondary N) is 1. The number of hydrogen-bond donors (Lipinski definition) is 2. The predicted molar refractivity (Wildman–Crippen MR) is 80.5 cm³/mol. The molecular weight excluding hydrogens is 254 g/mol. The smallest absolute Gasteiger partial charge is 0.239 e. The standard InChI is InChI=1S/C14H19N5O/c1-3-8-19(9-12(20)16-2)13-10-6-4-5-7-11(10)17-14(15)18-13/h4-7H,3,8-9H2,1-2H3,(H,16,20)(H2,15,17,18). The molecule has 0 radical (unpaired) electrons. The van der Waals surface area contributed by atoms with Gasteiger partial charge in [0.25, 0.3) is 0 Å². The number of nitrogens with two attached hydrogens (primary N) is 1. The van der Waals surface area contributed by atoms with Crippen LogP contribution in [0.3, 0.4) is 0 Å². The first kappa shape index (κ1) is 14.0. The van der Waals surface area contributed by atoms with E-state index in [2.05, 4.69) is 22.2 Å². The van der Waals surface area contributed by atoms with Crippen molar-refractivity contribution in [2.75, 3.05) is 30.8 Å². The molecule has 2 aromatic rings. The van der Waals surface area contributed by atoms with Gasteiger partial charge in [-0.1, -0.05) is 19.1 Å². The number of fused-ring (bicyclic) bond motifs is 1. The Morgan fingerprint density at radius 2 is 2.10 bits per heavy atom. The SMILES string of the molecule is CCCN(CC(=O)NC)c1nc(N)nc2ccccc12. The molecule has 0 fully saturated rings. The van der Waals surface area contributed by atoms with E-state index in [4.69, 9.17) is 5.73 Å². The fraction of sp³-hybridized carbons (Fsp3) is 0.357. The topological polar surface area (TPSA) is 84.1 Å². The summed E-state index contributed by atoms with van der Waals surface area (Å²) in [4.78, 5) is 22.1. The van der Waals surface area contributed by atoms with Gasteiger partial charge in [-0.05, 0) is 18.6 Å². The van der Waals surface area contributed by atoms with Gasteiger partial charge in [-0.25, -0.2) is 4.98 Å². The number of nitrogen functional groups attached to an aromatic ring is 1. The van der Waals surface area contributed by atoms with Gasteiger partial charge in [0.1, 0.15) is 5.82 Å². The second kappa shape index (κ2) is 6.18. The molecule has 106 valence electrons. The molecule has 20 heavy (non-hydrogen) atoms. The summed E-state index contributed by atoms with van der Waals surface area (Å²) in [7, 11) is 1.62. The number of anilines is 2. The fourth-order valence-corrected chi connectivity index (χ4v) is 2.10. The summed E-state index contributed by atoms with van der Waals surface area (Å²) < 4.78 is 0. The largest absolute Gasteiger partial charge is 0.368 e. The zero-order valence-electron chi connectivity index (χ0n) is 11.8. The number of hydrogen-bond acceptors (Lipinski definition) is 5. The molecule has 1 aromatic heterocycles.